The predicted molar refractivity (Wildman–Crippen MR) is 95.7 cm³/mol. The minimum absolute atomic E-state index is 0.136. The molecule has 1 heterocycles. The fraction of sp³-hybridized carbons (Fsp3) is 0.278. The van der Waals surface area contributed by atoms with Crippen molar-refractivity contribution >= 4 is 29.1 Å². The second kappa shape index (κ2) is 8.43. The third-order valence-electron chi connectivity index (χ3n) is 3.59. The molecule has 0 aliphatic heterocycles. The van der Waals surface area contributed by atoms with E-state index in [-0.39, 0.29) is 24.4 Å². The summed E-state index contributed by atoms with van der Waals surface area (Å²) in [5, 5.41) is 13.6. The topological polar surface area (TPSA) is 86.7 Å². The van der Waals surface area contributed by atoms with Crippen molar-refractivity contribution < 1.29 is 19.5 Å². The van der Waals surface area contributed by atoms with Gasteiger partial charge in [-0.1, -0.05) is 18.2 Å². The molecule has 2 N–H and O–H groups in total. The fourth-order valence-electron chi connectivity index (χ4n) is 2.24. The van der Waals surface area contributed by atoms with Crippen LogP contribution in [-0.4, -0.2) is 40.4 Å². The van der Waals surface area contributed by atoms with E-state index in [0.717, 1.165) is 5.56 Å². The van der Waals surface area contributed by atoms with Gasteiger partial charge in [0.05, 0.1) is 4.88 Å². The van der Waals surface area contributed by atoms with E-state index in [1.807, 2.05) is 11.4 Å². The number of hydrogen-bond acceptors (Lipinski definition) is 4. The van der Waals surface area contributed by atoms with Crippen molar-refractivity contribution in [2.45, 2.75) is 26.4 Å². The van der Waals surface area contributed by atoms with E-state index < -0.39 is 5.97 Å². The molecule has 0 fully saturated rings. The number of nitrogens with one attached hydrogen (secondary N) is 1. The number of carbonyl (C=O) groups is 3. The third-order valence-corrected chi connectivity index (χ3v) is 4.46. The summed E-state index contributed by atoms with van der Waals surface area (Å²) < 4.78 is 0. The molecule has 0 bridgehead atoms. The summed E-state index contributed by atoms with van der Waals surface area (Å²) in [6.07, 6.45) is 0. The van der Waals surface area contributed by atoms with Crippen molar-refractivity contribution in [3.05, 3.63) is 57.8 Å². The van der Waals surface area contributed by atoms with Crippen LogP contribution >= 0.6 is 11.3 Å². The normalized spacial score (nSPS) is 10.5. The quantitative estimate of drug-likeness (QED) is 0.795. The number of hydrogen-bond donors (Lipinski definition) is 2. The second-order valence-corrected chi connectivity index (χ2v) is 6.73. The molecule has 6 nitrogen and oxygen atoms in total. The van der Waals surface area contributed by atoms with Gasteiger partial charge < -0.3 is 15.3 Å². The standard InChI is InChI=1S/C18H20N2O4S/c1-12(2)20(11-16(21)22)18(24)14-7-5-13(6-8-14)10-19-17(23)15-4-3-9-25-15/h3-9,12H,10-11H2,1-2H3,(H,19,23)(H,21,22). The summed E-state index contributed by atoms with van der Waals surface area (Å²) in [5.74, 6) is -1.51. The van der Waals surface area contributed by atoms with Gasteiger partial charge >= 0.3 is 5.97 Å². The fourth-order valence-corrected chi connectivity index (χ4v) is 2.88. The Morgan fingerprint density at radius 2 is 1.84 bits per heavy atom. The maximum Gasteiger partial charge on any atom is 0.323 e. The highest BCUT2D eigenvalue weighted by Crippen LogP contribution is 2.12. The maximum atomic E-state index is 12.4. The zero-order valence-corrected chi connectivity index (χ0v) is 14.9. The van der Waals surface area contributed by atoms with E-state index in [4.69, 9.17) is 5.11 Å². The van der Waals surface area contributed by atoms with Crippen molar-refractivity contribution in [2.75, 3.05) is 6.54 Å². The Kier molecular flexibility index (Phi) is 6.30. The molecule has 0 aliphatic rings. The zero-order chi connectivity index (χ0) is 18.4. The van der Waals surface area contributed by atoms with E-state index in [1.54, 1.807) is 44.2 Å². The van der Waals surface area contributed by atoms with Gasteiger partial charge in [0.2, 0.25) is 0 Å². The van der Waals surface area contributed by atoms with Gasteiger partial charge in [0.1, 0.15) is 6.54 Å². The number of amides is 2. The Morgan fingerprint density at radius 1 is 1.16 bits per heavy atom. The molecule has 0 radical (unpaired) electrons. The predicted octanol–water partition coefficient (Wildman–Crippen LogP) is 2.61. The Hall–Kier alpha value is -2.67. The number of thiophene rings is 1. The molecule has 0 atom stereocenters. The number of carbonyl (C=O) groups excluding carboxylic acids is 2. The van der Waals surface area contributed by atoms with Crippen molar-refractivity contribution in [2.24, 2.45) is 0 Å². The first-order valence-electron chi connectivity index (χ1n) is 7.82. The molecule has 0 saturated carbocycles. The third kappa shape index (κ3) is 5.15. The molecule has 1 aromatic carbocycles. The number of nitrogens with zero attached hydrogens (tertiary/aromatic N) is 1. The average Bonchev–Trinajstić information content (AvgIpc) is 3.11. The summed E-state index contributed by atoms with van der Waals surface area (Å²) in [5.41, 5.74) is 1.28. The van der Waals surface area contributed by atoms with E-state index in [9.17, 15) is 14.4 Å². The first kappa shape index (κ1) is 18.7. The maximum absolute atomic E-state index is 12.4. The summed E-state index contributed by atoms with van der Waals surface area (Å²) in [6, 6.07) is 10.1. The second-order valence-electron chi connectivity index (χ2n) is 5.78. The molecular formula is C18H20N2O4S. The molecule has 25 heavy (non-hydrogen) atoms. The molecule has 0 spiro atoms. The van der Waals surface area contributed by atoms with Crippen LogP contribution < -0.4 is 5.32 Å². The first-order valence-corrected chi connectivity index (χ1v) is 8.70. The lowest BCUT2D eigenvalue weighted by molar-refractivity contribution is -0.138. The minimum atomic E-state index is -1.05. The van der Waals surface area contributed by atoms with Crippen LogP contribution in [0.4, 0.5) is 0 Å². The van der Waals surface area contributed by atoms with Crippen LogP contribution in [0.3, 0.4) is 0 Å². The van der Waals surface area contributed by atoms with Crippen LogP contribution in [-0.2, 0) is 11.3 Å². The average molecular weight is 360 g/mol. The van der Waals surface area contributed by atoms with Crippen LogP contribution in [0, 0.1) is 0 Å². The molecule has 0 unspecified atom stereocenters. The summed E-state index contributed by atoms with van der Waals surface area (Å²) in [6.45, 7) is 3.56. The lowest BCUT2D eigenvalue weighted by atomic mass is 10.1. The lowest BCUT2D eigenvalue weighted by Crippen LogP contribution is -2.40. The SMILES string of the molecule is CC(C)N(CC(=O)O)C(=O)c1ccc(CNC(=O)c2cccs2)cc1. The highest BCUT2D eigenvalue weighted by Gasteiger charge is 2.21. The van der Waals surface area contributed by atoms with Crippen LogP contribution in [0.15, 0.2) is 41.8 Å². The molecule has 0 aliphatic carbocycles. The van der Waals surface area contributed by atoms with Gasteiger partial charge in [-0.3, -0.25) is 14.4 Å². The van der Waals surface area contributed by atoms with Crippen LogP contribution in [0.1, 0.15) is 39.4 Å². The highest BCUT2D eigenvalue weighted by molar-refractivity contribution is 7.12. The van der Waals surface area contributed by atoms with Crippen LogP contribution in [0.25, 0.3) is 0 Å². The number of rotatable bonds is 7. The first-order chi connectivity index (χ1) is 11.9. The Morgan fingerprint density at radius 3 is 2.36 bits per heavy atom. The van der Waals surface area contributed by atoms with Crippen LogP contribution in [0.2, 0.25) is 0 Å². The number of aliphatic carboxylic acids is 1. The van der Waals surface area contributed by atoms with E-state index in [2.05, 4.69) is 5.32 Å². The molecule has 1 aromatic heterocycles. The molecule has 132 valence electrons. The summed E-state index contributed by atoms with van der Waals surface area (Å²) >= 11 is 1.37. The number of benzene rings is 1. The van der Waals surface area contributed by atoms with Gasteiger partial charge in [0.15, 0.2) is 0 Å². The zero-order valence-electron chi connectivity index (χ0n) is 14.1. The monoisotopic (exact) mass is 360 g/mol. The van der Waals surface area contributed by atoms with Crippen LogP contribution in [0.5, 0.6) is 0 Å². The Labute approximate surface area is 150 Å². The van der Waals surface area contributed by atoms with Gasteiger partial charge in [-0.2, -0.15) is 0 Å². The largest absolute Gasteiger partial charge is 0.480 e. The summed E-state index contributed by atoms with van der Waals surface area (Å²) in [4.78, 5) is 37.2. The van der Waals surface area contributed by atoms with Crippen molar-refractivity contribution in [3.8, 4) is 0 Å². The highest BCUT2D eigenvalue weighted by atomic mass is 32.1. The molecule has 7 heteroatoms. The van der Waals surface area contributed by atoms with Crippen molar-refractivity contribution in [1.29, 1.82) is 0 Å². The lowest BCUT2D eigenvalue weighted by Gasteiger charge is -2.25. The smallest absolute Gasteiger partial charge is 0.323 e. The molecular weight excluding hydrogens is 340 g/mol. The van der Waals surface area contributed by atoms with E-state index >= 15 is 0 Å². The Balaban J connectivity index is 1.99. The van der Waals surface area contributed by atoms with Gasteiger partial charge in [0, 0.05) is 18.2 Å². The van der Waals surface area contributed by atoms with E-state index in [1.165, 1.54) is 16.2 Å². The summed E-state index contributed by atoms with van der Waals surface area (Å²) in [7, 11) is 0. The van der Waals surface area contributed by atoms with Gasteiger partial charge in [-0.25, -0.2) is 0 Å². The van der Waals surface area contributed by atoms with Crippen molar-refractivity contribution in [1.82, 2.24) is 10.2 Å². The van der Waals surface area contributed by atoms with Gasteiger partial charge in [-0.15, -0.1) is 11.3 Å². The minimum Gasteiger partial charge on any atom is -0.480 e. The van der Waals surface area contributed by atoms with Crippen molar-refractivity contribution in [3.63, 3.8) is 0 Å². The molecule has 2 aromatic rings. The molecule has 2 amide bonds. The molecule has 0 saturated heterocycles. The Bertz CT molecular complexity index is 739. The van der Waals surface area contributed by atoms with Gasteiger partial charge in [-0.05, 0) is 43.0 Å². The number of carboxylic acids is 1. The van der Waals surface area contributed by atoms with E-state index in [0.29, 0.717) is 17.0 Å². The number of carboxylic acid groups (broad SMARTS) is 1. The van der Waals surface area contributed by atoms with Gasteiger partial charge in [0.25, 0.3) is 11.8 Å². The molecule has 2 rings (SSSR count).